The maximum absolute atomic E-state index is 11.1. The molecule has 2 aliphatic heterocycles. The van der Waals surface area contributed by atoms with Crippen LogP contribution in [0.5, 0.6) is 0 Å². The number of carbonyl (C=O) groups excluding carboxylic acids is 1. The fourth-order valence-corrected chi connectivity index (χ4v) is 2.00. The topological polar surface area (TPSA) is 44.8 Å². The maximum Gasteiger partial charge on any atom is 0.305 e. The van der Waals surface area contributed by atoms with Crippen molar-refractivity contribution in [3.05, 3.63) is 12.3 Å². The van der Waals surface area contributed by atoms with Gasteiger partial charge in [-0.1, -0.05) is 0 Å². The van der Waals surface area contributed by atoms with Crippen LogP contribution in [0.1, 0.15) is 6.42 Å². The average molecular weight is 198 g/mol. The first-order valence-electron chi connectivity index (χ1n) is 4.78. The maximum atomic E-state index is 11.1. The van der Waals surface area contributed by atoms with Crippen molar-refractivity contribution in [3.8, 4) is 0 Å². The second kappa shape index (κ2) is 4.00. The zero-order valence-electron chi connectivity index (χ0n) is 8.14. The SMILES string of the molecule is COC(=O)C[C@@H]1CO[C@@H]2COC=C[C@H]12. The largest absolute Gasteiger partial charge is 0.499 e. The zero-order chi connectivity index (χ0) is 9.97. The lowest BCUT2D eigenvalue weighted by Gasteiger charge is -2.22. The highest BCUT2D eigenvalue weighted by Crippen LogP contribution is 2.33. The molecular weight excluding hydrogens is 184 g/mol. The number of carbonyl (C=O) groups is 1. The van der Waals surface area contributed by atoms with Crippen LogP contribution in [-0.2, 0) is 19.0 Å². The average Bonchev–Trinajstić information content (AvgIpc) is 2.62. The molecule has 78 valence electrons. The number of hydrogen-bond acceptors (Lipinski definition) is 4. The van der Waals surface area contributed by atoms with Crippen molar-refractivity contribution in [2.45, 2.75) is 12.5 Å². The van der Waals surface area contributed by atoms with Crippen LogP contribution in [0.4, 0.5) is 0 Å². The molecule has 0 saturated carbocycles. The van der Waals surface area contributed by atoms with Gasteiger partial charge in [0, 0.05) is 11.8 Å². The lowest BCUT2D eigenvalue weighted by atomic mass is 9.88. The van der Waals surface area contributed by atoms with E-state index in [1.165, 1.54) is 7.11 Å². The van der Waals surface area contributed by atoms with E-state index in [4.69, 9.17) is 9.47 Å². The predicted octanol–water partition coefficient (Wildman–Crippen LogP) is 0.725. The van der Waals surface area contributed by atoms with Crippen molar-refractivity contribution in [1.82, 2.24) is 0 Å². The molecule has 0 spiro atoms. The van der Waals surface area contributed by atoms with Crippen molar-refractivity contribution < 1.29 is 19.0 Å². The van der Waals surface area contributed by atoms with Crippen LogP contribution >= 0.6 is 0 Å². The van der Waals surface area contributed by atoms with Gasteiger partial charge in [0.1, 0.15) is 6.61 Å². The number of methoxy groups -OCH3 is 1. The summed E-state index contributed by atoms with van der Waals surface area (Å²) in [5.74, 6) is 0.384. The molecule has 4 heteroatoms. The molecule has 2 heterocycles. The Kier molecular flexibility index (Phi) is 2.72. The first-order valence-corrected chi connectivity index (χ1v) is 4.78. The summed E-state index contributed by atoms with van der Waals surface area (Å²) in [6.07, 6.45) is 4.23. The van der Waals surface area contributed by atoms with E-state index < -0.39 is 0 Å². The van der Waals surface area contributed by atoms with E-state index in [1.807, 2.05) is 6.08 Å². The number of ether oxygens (including phenoxy) is 3. The Hall–Kier alpha value is -1.03. The van der Waals surface area contributed by atoms with Crippen molar-refractivity contribution in [1.29, 1.82) is 0 Å². The quantitative estimate of drug-likeness (QED) is 0.613. The highest BCUT2D eigenvalue weighted by molar-refractivity contribution is 5.69. The van der Waals surface area contributed by atoms with Crippen LogP contribution < -0.4 is 0 Å². The van der Waals surface area contributed by atoms with Gasteiger partial charge < -0.3 is 14.2 Å². The molecular formula is C10H14O4. The first-order chi connectivity index (χ1) is 6.81. The summed E-state index contributed by atoms with van der Waals surface area (Å²) in [6, 6.07) is 0. The Labute approximate surface area is 82.8 Å². The summed E-state index contributed by atoms with van der Waals surface area (Å²) in [4.78, 5) is 11.1. The summed E-state index contributed by atoms with van der Waals surface area (Å²) in [5, 5.41) is 0. The Bertz CT molecular complexity index is 249. The van der Waals surface area contributed by atoms with Crippen LogP contribution in [0.3, 0.4) is 0 Å². The third kappa shape index (κ3) is 1.75. The summed E-state index contributed by atoms with van der Waals surface area (Å²) < 4.78 is 15.3. The molecule has 0 unspecified atom stereocenters. The Morgan fingerprint density at radius 2 is 2.43 bits per heavy atom. The molecule has 3 atom stereocenters. The van der Waals surface area contributed by atoms with E-state index in [9.17, 15) is 4.79 Å². The summed E-state index contributed by atoms with van der Waals surface area (Å²) >= 11 is 0. The van der Waals surface area contributed by atoms with Crippen molar-refractivity contribution >= 4 is 5.97 Å². The van der Waals surface area contributed by atoms with Crippen molar-refractivity contribution in [3.63, 3.8) is 0 Å². The van der Waals surface area contributed by atoms with Gasteiger partial charge in [-0.3, -0.25) is 4.79 Å². The highest BCUT2D eigenvalue weighted by Gasteiger charge is 2.38. The number of rotatable bonds is 2. The number of fused-ring (bicyclic) bond motifs is 1. The predicted molar refractivity (Wildman–Crippen MR) is 48.4 cm³/mol. The Morgan fingerprint density at radius 3 is 3.21 bits per heavy atom. The molecule has 14 heavy (non-hydrogen) atoms. The molecule has 0 bridgehead atoms. The molecule has 2 rings (SSSR count). The van der Waals surface area contributed by atoms with E-state index in [1.54, 1.807) is 6.26 Å². The molecule has 1 fully saturated rings. The van der Waals surface area contributed by atoms with E-state index in [2.05, 4.69) is 4.74 Å². The van der Waals surface area contributed by atoms with Gasteiger partial charge in [0.2, 0.25) is 0 Å². The molecule has 4 nitrogen and oxygen atoms in total. The van der Waals surface area contributed by atoms with E-state index in [0.29, 0.717) is 25.6 Å². The lowest BCUT2D eigenvalue weighted by molar-refractivity contribution is -0.141. The summed E-state index contributed by atoms with van der Waals surface area (Å²) in [7, 11) is 1.41. The molecule has 0 aromatic rings. The lowest BCUT2D eigenvalue weighted by Crippen LogP contribution is -2.27. The fraction of sp³-hybridized carbons (Fsp3) is 0.700. The van der Waals surface area contributed by atoms with Gasteiger partial charge in [-0.2, -0.15) is 0 Å². The molecule has 0 aliphatic carbocycles. The number of hydrogen-bond donors (Lipinski definition) is 0. The van der Waals surface area contributed by atoms with Crippen LogP contribution in [0.2, 0.25) is 0 Å². The molecule has 0 aromatic heterocycles. The van der Waals surface area contributed by atoms with E-state index in [0.717, 1.165) is 0 Å². The van der Waals surface area contributed by atoms with Gasteiger partial charge in [0.05, 0.1) is 32.5 Å². The Morgan fingerprint density at radius 1 is 1.57 bits per heavy atom. The minimum absolute atomic E-state index is 0.120. The normalized spacial score (nSPS) is 34.8. The van der Waals surface area contributed by atoms with Gasteiger partial charge in [-0.25, -0.2) is 0 Å². The van der Waals surface area contributed by atoms with Crippen molar-refractivity contribution in [2.75, 3.05) is 20.3 Å². The van der Waals surface area contributed by atoms with E-state index >= 15 is 0 Å². The third-order valence-electron chi connectivity index (χ3n) is 2.81. The molecule has 0 radical (unpaired) electrons. The molecule has 1 saturated heterocycles. The summed E-state index contributed by atoms with van der Waals surface area (Å²) in [5.41, 5.74) is 0. The first kappa shape index (κ1) is 9.52. The van der Waals surface area contributed by atoms with Crippen LogP contribution in [0, 0.1) is 11.8 Å². The van der Waals surface area contributed by atoms with Gasteiger partial charge in [-0.05, 0) is 6.08 Å². The highest BCUT2D eigenvalue weighted by atomic mass is 16.5. The standard InChI is InChI=1S/C10H14O4/c1-12-10(11)4-7-5-14-9-6-13-3-2-8(7)9/h2-3,7-9H,4-6H2,1H3/t7-,8-,9-/m1/s1. The van der Waals surface area contributed by atoms with Crippen LogP contribution in [-0.4, -0.2) is 32.4 Å². The molecule has 0 N–H and O–H groups in total. The Balaban J connectivity index is 1.97. The third-order valence-corrected chi connectivity index (χ3v) is 2.81. The number of esters is 1. The van der Waals surface area contributed by atoms with Gasteiger partial charge in [-0.15, -0.1) is 0 Å². The second-order valence-electron chi connectivity index (χ2n) is 3.65. The smallest absolute Gasteiger partial charge is 0.305 e. The van der Waals surface area contributed by atoms with Crippen molar-refractivity contribution in [2.24, 2.45) is 11.8 Å². The minimum Gasteiger partial charge on any atom is -0.499 e. The van der Waals surface area contributed by atoms with Gasteiger partial charge in [0.15, 0.2) is 0 Å². The molecule has 0 amide bonds. The fourth-order valence-electron chi connectivity index (χ4n) is 2.00. The second-order valence-corrected chi connectivity index (χ2v) is 3.65. The minimum atomic E-state index is -0.167. The molecule has 2 aliphatic rings. The summed E-state index contributed by atoms with van der Waals surface area (Å²) in [6.45, 7) is 1.22. The zero-order valence-corrected chi connectivity index (χ0v) is 8.14. The molecule has 0 aromatic carbocycles. The van der Waals surface area contributed by atoms with Gasteiger partial charge >= 0.3 is 5.97 Å². The van der Waals surface area contributed by atoms with E-state index in [-0.39, 0.29) is 18.0 Å². The monoisotopic (exact) mass is 198 g/mol. The van der Waals surface area contributed by atoms with Crippen LogP contribution in [0.25, 0.3) is 0 Å². The van der Waals surface area contributed by atoms with Crippen LogP contribution in [0.15, 0.2) is 12.3 Å². The van der Waals surface area contributed by atoms with Gasteiger partial charge in [0.25, 0.3) is 0 Å².